The second-order valence-electron chi connectivity index (χ2n) is 7.66. The first-order chi connectivity index (χ1) is 10.8. The summed E-state index contributed by atoms with van der Waals surface area (Å²) in [6, 6.07) is 6.59. The number of ether oxygens (including phenoxy) is 1. The molecule has 4 rings (SSSR count). The Morgan fingerprint density at radius 3 is 2.57 bits per heavy atom. The number of piperidine rings is 2. The number of hydrogen-bond acceptors (Lipinski definition) is 3. The molecule has 23 heavy (non-hydrogen) atoms. The number of carbonyl (C=O) groups is 1. The summed E-state index contributed by atoms with van der Waals surface area (Å²) in [7, 11) is 0. The minimum absolute atomic E-state index is 0.0339. The van der Waals surface area contributed by atoms with Gasteiger partial charge in [0.15, 0.2) is 0 Å². The highest BCUT2D eigenvalue weighted by Crippen LogP contribution is 2.55. The van der Waals surface area contributed by atoms with E-state index in [4.69, 9.17) is 10.5 Å². The van der Waals surface area contributed by atoms with Gasteiger partial charge < -0.3 is 15.4 Å². The first-order valence-electron chi connectivity index (χ1n) is 8.23. The fourth-order valence-corrected chi connectivity index (χ4v) is 4.18. The van der Waals surface area contributed by atoms with Gasteiger partial charge in [0.05, 0.1) is 0 Å². The van der Waals surface area contributed by atoms with Gasteiger partial charge in [-0.2, -0.15) is 0 Å². The van der Waals surface area contributed by atoms with Crippen molar-refractivity contribution in [3.8, 4) is 0 Å². The van der Waals surface area contributed by atoms with Gasteiger partial charge in [0.2, 0.25) is 0 Å². The maximum atomic E-state index is 13.3. The predicted octanol–water partition coefficient (Wildman–Crippen LogP) is 3.05. The molecule has 126 valence electrons. The Hall–Kier alpha value is -1.62. The number of nitrogens with zero attached hydrogens (tertiary/aromatic N) is 1. The van der Waals surface area contributed by atoms with Crippen LogP contribution in [-0.2, 0) is 10.2 Å². The monoisotopic (exact) mass is 320 g/mol. The summed E-state index contributed by atoms with van der Waals surface area (Å²) in [4.78, 5) is 14.4. The van der Waals surface area contributed by atoms with E-state index in [1.54, 1.807) is 12.1 Å². The Kier molecular flexibility index (Phi) is 3.87. The molecular weight excluding hydrogens is 295 g/mol. The lowest BCUT2D eigenvalue weighted by Gasteiger charge is -2.63. The molecule has 2 bridgehead atoms. The lowest BCUT2D eigenvalue weighted by Crippen LogP contribution is -2.72. The van der Waals surface area contributed by atoms with Crippen molar-refractivity contribution in [3.63, 3.8) is 0 Å². The summed E-state index contributed by atoms with van der Waals surface area (Å²) in [6.07, 6.45) is 1.57. The Balaban J connectivity index is 1.88. The lowest BCUT2D eigenvalue weighted by molar-refractivity contribution is -0.0809. The van der Waals surface area contributed by atoms with E-state index in [2.05, 4.69) is 0 Å². The first-order valence-corrected chi connectivity index (χ1v) is 8.23. The molecule has 0 spiro atoms. The van der Waals surface area contributed by atoms with Gasteiger partial charge >= 0.3 is 6.09 Å². The zero-order chi connectivity index (χ0) is 16.8. The summed E-state index contributed by atoms with van der Waals surface area (Å²) in [5.74, 6) is 0.191. The van der Waals surface area contributed by atoms with Gasteiger partial charge in [-0.15, -0.1) is 0 Å². The molecule has 3 fully saturated rings. The highest BCUT2D eigenvalue weighted by molar-refractivity contribution is 5.70. The standard InChI is InChI=1S/C18H25FN2O2/c1-17(2,3)23-16(22)21-9-8-13-10-15(21)18(13,11-20)12-4-6-14(19)7-5-12/h4-7,13,15H,8-11,20H2,1-3H3/t13?,15-,18?/m0/s1. The van der Waals surface area contributed by atoms with Crippen LogP contribution in [0.25, 0.3) is 0 Å². The number of rotatable bonds is 2. The van der Waals surface area contributed by atoms with Crippen molar-refractivity contribution in [2.45, 2.75) is 50.7 Å². The van der Waals surface area contributed by atoms with Gasteiger partial charge in [-0.1, -0.05) is 12.1 Å². The molecule has 3 aliphatic rings. The molecule has 2 heterocycles. The molecule has 1 aromatic carbocycles. The summed E-state index contributed by atoms with van der Waals surface area (Å²) in [5.41, 5.74) is 6.38. The number of carbonyl (C=O) groups excluding carboxylic acids is 1. The van der Waals surface area contributed by atoms with Crippen molar-refractivity contribution in [2.24, 2.45) is 11.7 Å². The third-order valence-electron chi connectivity index (χ3n) is 5.27. The van der Waals surface area contributed by atoms with Crippen molar-refractivity contribution in [2.75, 3.05) is 13.1 Å². The maximum absolute atomic E-state index is 13.3. The van der Waals surface area contributed by atoms with Gasteiger partial charge in [-0.05, 0) is 57.2 Å². The Labute approximate surface area is 136 Å². The minimum atomic E-state index is -0.515. The average molecular weight is 320 g/mol. The van der Waals surface area contributed by atoms with Gasteiger partial charge in [0, 0.05) is 24.5 Å². The van der Waals surface area contributed by atoms with Crippen LogP contribution >= 0.6 is 0 Å². The fourth-order valence-electron chi connectivity index (χ4n) is 4.18. The number of nitrogens with two attached hydrogens (primary N) is 1. The van der Waals surface area contributed by atoms with Crippen molar-refractivity contribution in [1.82, 2.24) is 4.90 Å². The molecule has 1 saturated carbocycles. The highest BCUT2D eigenvalue weighted by Gasteiger charge is 2.61. The second-order valence-corrected chi connectivity index (χ2v) is 7.66. The lowest BCUT2D eigenvalue weighted by atomic mass is 9.50. The summed E-state index contributed by atoms with van der Waals surface area (Å²) in [5, 5.41) is 0. The van der Waals surface area contributed by atoms with Crippen molar-refractivity contribution in [1.29, 1.82) is 0 Å². The first kappa shape index (κ1) is 16.2. The van der Waals surface area contributed by atoms with E-state index < -0.39 is 5.60 Å². The number of benzene rings is 1. The zero-order valence-electron chi connectivity index (χ0n) is 14.0. The van der Waals surface area contributed by atoms with E-state index in [0.29, 0.717) is 19.0 Å². The number of halogens is 1. The van der Waals surface area contributed by atoms with Crippen LogP contribution in [0, 0.1) is 11.7 Å². The normalized spacial score (nSPS) is 29.9. The molecule has 1 aromatic rings. The number of fused-ring (bicyclic) bond motifs is 2. The number of hydrogen-bond donors (Lipinski definition) is 1. The summed E-state index contributed by atoms with van der Waals surface area (Å²) >= 11 is 0. The number of amides is 1. The maximum Gasteiger partial charge on any atom is 0.410 e. The Morgan fingerprint density at radius 1 is 1.39 bits per heavy atom. The molecule has 3 atom stereocenters. The predicted molar refractivity (Wildman–Crippen MR) is 86.6 cm³/mol. The fraction of sp³-hybridized carbons (Fsp3) is 0.611. The molecule has 4 nitrogen and oxygen atoms in total. The third kappa shape index (κ3) is 2.61. The van der Waals surface area contributed by atoms with Crippen LogP contribution in [0.5, 0.6) is 0 Å². The highest BCUT2D eigenvalue weighted by atomic mass is 19.1. The van der Waals surface area contributed by atoms with Crippen LogP contribution in [0.3, 0.4) is 0 Å². The van der Waals surface area contributed by atoms with E-state index in [9.17, 15) is 9.18 Å². The third-order valence-corrected chi connectivity index (χ3v) is 5.27. The van der Waals surface area contributed by atoms with E-state index in [-0.39, 0.29) is 23.4 Å². The quantitative estimate of drug-likeness (QED) is 0.911. The van der Waals surface area contributed by atoms with Crippen molar-refractivity contribution >= 4 is 6.09 Å². The molecule has 1 aliphatic carbocycles. The van der Waals surface area contributed by atoms with Gasteiger partial charge in [-0.25, -0.2) is 9.18 Å². The van der Waals surface area contributed by atoms with Gasteiger partial charge in [0.1, 0.15) is 11.4 Å². The van der Waals surface area contributed by atoms with Crippen LogP contribution in [0.4, 0.5) is 9.18 Å². The van der Waals surface area contributed by atoms with Crippen LogP contribution < -0.4 is 5.73 Å². The van der Waals surface area contributed by atoms with Crippen LogP contribution in [0.15, 0.2) is 24.3 Å². The van der Waals surface area contributed by atoms with Gasteiger partial charge in [0.25, 0.3) is 0 Å². The van der Waals surface area contributed by atoms with E-state index in [0.717, 1.165) is 18.4 Å². The molecule has 2 N–H and O–H groups in total. The molecule has 0 radical (unpaired) electrons. The molecule has 5 heteroatoms. The summed E-state index contributed by atoms with van der Waals surface area (Å²) < 4.78 is 18.8. The molecule has 2 aliphatic heterocycles. The van der Waals surface area contributed by atoms with Crippen molar-refractivity contribution in [3.05, 3.63) is 35.6 Å². The van der Waals surface area contributed by atoms with E-state index >= 15 is 0 Å². The minimum Gasteiger partial charge on any atom is -0.444 e. The zero-order valence-corrected chi connectivity index (χ0v) is 14.0. The van der Waals surface area contributed by atoms with Crippen LogP contribution in [0.2, 0.25) is 0 Å². The van der Waals surface area contributed by atoms with Crippen LogP contribution in [-0.4, -0.2) is 35.7 Å². The summed E-state index contributed by atoms with van der Waals surface area (Å²) in [6.45, 7) is 6.76. The topological polar surface area (TPSA) is 55.6 Å². The second kappa shape index (κ2) is 5.48. The van der Waals surface area contributed by atoms with E-state index in [1.165, 1.54) is 12.1 Å². The van der Waals surface area contributed by atoms with Crippen LogP contribution in [0.1, 0.15) is 39.2 Å². The molecule has 2 unspecified atom stereocenters. The molecule has 2 saturated heterocycles. The SMILES string of the molecule is CC(C)(C)OC(=O)N1CCC2C[C@H]1C2(CN)c1ccc(F)cc1. The van der Waals surface area contributed by atoms with Crippen molar-refractivity contribution < 1.29 is 13.9 Å². The van der Waals surface area contributed by atoms with Gasteiger partial charge in [-0.3, -0.25) is 0 Å². The van der Waals surface area contributed by atoms with E-state index in [1.807, 2.05) is 25.7 Å². The molecular formula is C18H25FN2O2. The Morgan fingerprint density at radius 2 is 2.04 bits per heavy atom. The Bertz CT molecular complexity index is 594. The largest absolute Gasteiger partial charge is 0.444 e. The average Bonchev–Trinajstić information content (AvgIpc) is 2.48. The smallest absolute Gasteiger partial charge is 0.410 e. The molecule has 1 amide bonds. The molecule has 0 aromatic heterocycles.